The van der Waals surface area contributed by atoms with E-state index in [0.29, 0.717) is 18.0 Å². The zero-order valence-electron chi connectivity index (χ0n) is 10.8. The lowest BCUT2D eigenvalue weighted by Gasteiger charge is -2.37. The number of ketones is 1. The van der Waals surface area contributed by atoms with Gasteiger partial charge in [-0.2, -0.15) is 11.8 Å². The first-order valence-corrected chi connectivity index (χ1v) is 7.82. The van der Waals surface area contributed by atoms with Crippen molar-refractivity contribution in [2.24, 2.45) is 5.92 Å². The molecule has 1 aromatic rings. The van der Waals surface area contributed by atoms with Gasteiger partial charge < -0.3 is 10.5 Å². The van der Waals surface area contributed by atoms with E-state index in [2.05, 4.69) is 4.98 Å². The molecule has 2 fully saturated rings. The van der Waals surface area contributed by atoms with Crippen molar-refractivity contribution in [3.63, 3.8) is 0 Å². The lowest BCUT2D eigenvalue weighted by Crippen LogP contribution is -2.42. The van der Waals surface area contributed by atoms with Gasteiger partial charge in [-0.15, -0.1) is 0 Å². The normalized spacial score (nSPS) is 30.6. The van der Waals surface area contributed by atoms with Gasteiger partial charge in [0.15, 0.2) is 5.78 Å². The van der Waals surface area contributed by atoms with E-state index in [1.807, 2.05) is 11.8 Å². The Morgan fingerprint density at radius 1 is 1.58 bits per heavy atom. The molecule has 2 N–H and O–H groups in total. The number of pyridine rings is 1. The first-order chi connectivity index (χ1) is 9.20. The Kier molecular flexibility index (Phi) is 3.50. The minimum atomic E-state index is -0.0766. The van der Waals surface area contributed by atoms with Gasteiger partial charge in [-0.05, 0) is 37.1 Å². The molecule has 1 spiro atoms. The smallest absolute Gasteiger partial charge is 0.186 e. The second-order valence-electron chi connectivity index (χ2n) is 5.33. The van der Waals surface area contributed by atoms with E-state index in [-0.39, 0.29) is 17.3 Å². The number of thioether (sulfide) groups is 1. The van der Waals surface area contributed by atoms with Crippen molar-refractivity contribution in [2.75, 3.05) is 23.8 Å². The third-order valence-corrected chi connectivity index (χ3v) is 5.23. The molecule has 2 atom stereocenters. The van der Waals surface area contributed by atoms with E-state index in [4.69, 9.17) is 10.5 Å². The van der Waals surface area contributed by atoms with Crippen LogP contribution < -0.4 is 5.73 Å². The van der Waals surface area contributed by atoms with Gasteiger partial charge in [0.1, 0.15) is 5.69 Å². The number of hydrogen-bond donors (Lipinski definition) is 1. The number of ether oxygens (including phenoxy) is 1. The van der Waals surface area contributed by atoms with E-state index >= 15 is 0 Å². The number of rotatable bonds is 2. The van der Waals surface area contributed by atoms with Crippen LogP contribution in [0.3, 0.4) is 0 Å². The molecule has 1 aromatic heterocycles. The molecule has 0 amide bonds. The van der Waals surface area contributed by atoms with Crippen LogP contribution >= 0.6 is 11.8 Å². The van der Waals surface area contributed by atoms with Crippen LogP contribution in [0.1, 0.15) is 29.8 Å². The van der Waals surface area contributed by atoms with Crippen molar-refractivity contribution in [1.29, 1.82) is 0 Å². The molecule has 102 valence electrons. The number of hydrogen-bond acceptors (Lipinski definition) is 5. The van der Waals surface area contributed by atoms with Gasteiger partial charge in [-0.3, -0.25) is 9.78 Å². The zero-order chi connectivity index (χ0) is 13.3. The summed E-state index contributed by atoms with van der Waals surface area (Å²) in [5.41, 5.74) is 6.68. The second kappa shape index (κ2) is 5.13. The van der Waals surface area contributed by atoms with Crippen molar-refractivity contribution >= 4 is 23.2 Å². The summed E-state index contributed by atoms with van der Waals surface area (Å²) in [6.45, 7) is 0.670. The molecule has 3 heterocycles. The van der Waals surface area contributed by atoms with E-state index in [9.17, 15) is 4.79 Å². The number of nitrogens with zero attached hydrogens (tertiary/aromatic N) is 1. The van der Waals surface area contributed by atoms with Gasteiger partial charge in [-0.25, -0.2) is 0 Å². The third-order valence-electron chi connectivity index (χ3n) is 4.00. The average molecular weight is 278 g/mol. The average Bonchev–Trinajstić information content (AvgIpc) is 2.86. The van der Waals surface area contributed by atoms with Crippen LogP contribution in [0, 0.1) is 5.92 Å². The van der Waals surface area contributed by atoms with Crippen LogP contribution in [-0.4, -0.2) is 34.5 Å². The number of aromatic nitrogens is 1. The molecule has 0 aliphatic carbocycles. The molecule has 19 heavy (non-hydrogen) atoms. The molecule has 2 aliphatic heterocycles. The highest BCUT2D eigenvalue weighted by atomic mass is 32.2. The van der Waals surface area contributed by atoms with Crippen LogP contribution in [-0.2, 0) is 4.74 Å². The highest BCUT2D eigenvalue weighted by Crippen LogP contribution is 2.41. The highest BCUT2D eigenvalue weighted by molar-refractivity contribution is 7.99. The second-order valence-corrected chi connectivity index (χ2v) is 6.43. The Labute approximate surface area is 117 Å². The summed E-state index contributed by atoms with van der Waals surface area (Å²) in [4.78, 5) is 16.7. The third kappa shape index (κ3) is 2.49. The monoisotopic (exact) mass is 278 g/mol. The van der Waals surface area contributed by atoms with E-state index in [1.54, 1.807) is 18.3 Å². The summed E-state index contributed by atoms with van der Waals surface area (Å²) in [6.07, 6.45) is 4.28. The summed E-state index contributed by atoms with van der Waals surface area (Å²) >= 11 is 1.92. The quantitative estimate of drug-likeness (QED) is 0.840. The maximum absolute atomic E-state index is 12.6. The van der Waals surface area contributed by atoms with Crippen molar-refractivity contribution in [2.45, 2.75) is 24.9 Å². The van der Waals surface area contributed by atoms with Crippen LogP contribution in [0.25, 0.3) is 0 Å². The highest BCUT2D eigenvalue weighted by Gasteiger charge is 2.42. The van der Waals surface area contributed by atoms with Crippen molar-refractivity contribution in [1.82, 2.24) is 4.98 Å². The summed E-state index contributed by atoms with van der Waals surface area (Å²) in [6, 6.07) is 3.49. The number of nitrogen functional groups attached to an aromatic ring is 1. The number of carbonyl (C=O) groups is 1. The predicted molar refractivity (Wildman–Crippen MR) is 76.3 cm³/mol. The topological polar surface area (TPSA) is 65.2 Å². The Morgan fingerprint density at radius 2 is 2.47 bits per heavy atom. The first-order valence-electron chi connectivity index (χ1n) is 6.67. The van der Waals surface area contributed by atoms with Crippen molar-refractivity contribution in [3.05, 3.63) is 24.0 Å². The van der Waals surface area contributed by atoms with E-state index in [0.717, 1.165) is 30.8 Å². The molecule has 4 nitrogen and oxygen atoms in total. The van der Waals surface area contributed by atoms with Crippen LogP contribution in [0.2, 0.25) is 0 Å². The lowest BCUT2D eigenvalue weighted by atomic mass is 9.82. The Morgan fingerprint density at radius 3 is 3.21 bits per heavy atom. The molecule has 3 rings (SSSR count). The van der Waals surface area contributed by atoms with Gasteiger partial charge in [0.2, 0.25) is 0 Å². The molecular formula is C14H18N2O2S. The van der Waals surface area contributed by atoms with E-state index in [1.165, 1.54) is 0 Å². The minimum absolute atomic E-state index is 0.00431. The number of nitrogens with two attached hydrogens (primary N) is 1. The molecule has 2 unspecified atom stereocenters. The van der Waals surface area contributed by atoms with E-state index < -0.39 is 0 Å². The summed E-state index contributed by atoms with van der Waals surface area (Å²) in [5.74, 6) is 2.23. The SMILES string of the molecule is Nc1cccnc1C(=O)C1CCOC2(CCSC2)C1. The van der Waals surface area contributed by atoms with Gasteiger partial charge in [-0.1, -0.05) is 0 Å². The van der Waals surface area contributed by atoms with Gasteiger partial charge in [0, 0.05) is 24.5 Å². The van der Waals surface area contributed by atoms with Crippen LogP contribution in [0.15, 0.2) is 18.3 Å². The zero-order valence-corrected chi connectivity index (χ0v) is 11.6. The maximum atomic E-state index is 12.6. The predicted octanol–water partition coefficient (Wildman–Crippen LogP) is 2.15. The number of anilines is 1. The lowest BCUT2D eigenvalue weighted by molar-refractivity contribution is -0.0735. The summed E-state index contributed by atoms with van der Waals surface area (Å²) < 4.78 is 5.95. The fourth-order valence-electron chi connectivity index (χ4n) is 2.93. The maximum Gasteiger partial charge on any atom is 0.186 e. The van der Waals surface area contributed by atoms with Crippen molar-refractivity contribution in [3.8, 4) is 0 Å². The number of carbonyl (C=O) groups excluding carboxylic acids is 1. The fourth-order valence-corrected chi connectivity index (χ4v) is 4.31. The molecule has 2 saturated heterocycles. The first kappa shape index (κ1) is 12.9. The fraction of sp³-hybridized carbons (Fsp3) is 0.571. The minimum Gasteiger partial charge on any atom is -0.397 e. The Bertz CT molecular complexity index is 486. The van der Waals surface area contributed by atoms with Gasteiger partial charge >= 0.3 is 0 Å². The standard InChI is InChI=1S/C14H18N2O2S/c15-11-2-1-5-16-12(11)13(17)10-3-6-18-14(8-10)4-7-19-9-14/h1-2,5,10H,3-4,6-9,15H2. The van der Waals surface area contributed by atoms with Crippen LogP contribution in [0.4, 0.5) is 5.69 Å². The van der Waals surface area contributed by atoms with Crippen LogP contribution in [0.5, 0.6) is 0 Å². The molecular weight excluding hydrogens is 260 g/mol. The summed E-state index contributed by atoms with van der Waals surface area (Å²) in [7, 11) is 0. The molecule has 0 aromatic carbocycles. The molecule has 0 radical (unpaired) electrons. The number of Topliss-reactive ketones (excluding diaryl/α,β-unsaturated/α-hetero) is 1. The molecule has 0 bridgehead atoms. The molecule has 0 saturated carbocycles. The van der Waals surface area contributed by atoms with Gasteiger partial charge in [0.25, 0.3) is 0 Å². The largest absolute Gasteiger partial charge is 0.397 e. The summed E-state index contributed by atoms with van der Waals surface area (Å²) in [5, 5.41) is 0. The molecule has 2 aliphatic rings. The molecule has 5 heteroatoms. The van der Waals surface area contributed by atoms with Gasteiger partial charge in [0.05, 0.1) is 11.3 Å². The Balaban J connectivity index is 1.78. The van der Waals surface area contributed by atoms with Crippen molar-refractivity contribution < 1.29 is 9.53 Å². The Hall–Kier alpha value is -1.07.